The van der Waals surface area contributed by atoms with E-state index in [0.717, 1.165) is 5.56 Å². The summed E-state index contributed by atoms with van der Waals surface area (Å²) in [5.74, 6) is -2.20. The second-order valence-electron chi connectivity index (χ2n) is 4.63. The van der Waals surface area contributed by atoms with Crippen LogP contribution in [0.15, 0.2) is 18.2 Å². The predicted molar refractivity (Wildman–Crippen MR) is 69.3 cm³/mol. The molecule has 104 valence electrons. The van der Waals surface area contributed by atoms with Crippen LogP contribution in [0.4, 0.5) is 4.39 Å². The maximum Gasteiger partial charge on any atom is 0.306 e. The average molecular weight is 267 g/mol. The van der Waals surface area contributed by atoms with Crippen molar-refractivity contribution in [2.75, 3.05) is 6.54 Å². The van der Waals surface area contributed by atoms with E-state index in [1.54, 1.807) is 19.1 Å². The van der Waals surface area contributed by atoms with E-state index in [1.807, 2.05) is 0 Å². The molecular weight excluding hydrogens is 249 g/mol. The first-order valence-electron chi connectivity index (χ1n) is 6.14. The first-order chi connectivity index (χ1) is 8.90. The summed E-state index contributed by atoms with van der Waals surface area (Å²) in [6.45, 7) is 3.59. The summed E-state index contributed by atoms with van der Waals surface area (Å²) in [5, 5.41) is 11.3. The molecule has 0 fully saturated rings. The van der Waals surface area contributed by atoms with Gasteiger partial charge in [0.05, 0.1) is 5.92 Å². The number of nitrogens with one attached hydrogen (secondary N) is 1. The Kier molecular flexibility index (Phi) is 5.48. The number of carboxylic acids is 1. The molecule has 0 aliphatic heterocycles. The minimum atomic E-state index is -0.982. The van der Waals surface area contributed by atoms with Crippen LogP contribution < -0.4 is 5.32 Å². The number of carbonyl (C=O) groups is 2. The number of carboxylic acid groups (broad SMARTS) is 1. The van der Waals surface area contributed by atoms with E-state index in [-0.39, 0.29) is 18.1 Å². The van der Waals surface area contributed by atoms with Crippen molar-refractivity contribution in [3.05, 3.63) is 35.1 Å². The molecule has 2 N–H and O–H groups in total. The highest BCUT2D eigenvalue weighted by atomic mass is 19.1. The zero-order valence-corrected chi connectivity index (χ0v) is 11.1. The topological polar surface area (TPSA) is 66.4 Å². The quantitative estimate of drug-likeness (QED) is 0.827. The van der Waals surface area contributed by atoms with Gasteiger partial charge in [0.1, 0.15) is 5.82 Å². The minimum Gasteiger partial charge on any atom is -0.481 e. The molecule has 1 aromatic rings. The number of benzene rings is 1. The molecule has 0 aliphatic carbocycles. The summed E-state index contributed by atoms with van der Waals surface area (Å²) in [7, 11) is 0. The molecule has 0 radical (unpaired) electrons. The lowest BCUT2D eigenvalue weighted by Gasteiger charge is -2.08. The molecule has 0 spiro atoms. The standard InChI is InChI=1S/C14H18FNO3/c1-9-7-11(3-4-12(9)15)5-6-16-13(17)8-10(2)14(18)19/h3-4,7,10H,5-6,8H2,1-2H3,(H,16,17)(H,18,19). The molecule has 4 nitrogen and oxygen atoms in total. The zero-order valence-electron chi connectivity index (χ0n) is 11.1. The third kappa shape index (κ3) is 5.07. The number of hydrogen-bond acceptors (Lipinski definition) is 2. The lowest BCUT2D eigenvalue weighted by atomic mass is 10.1. The van der Waals surface area contributed by atoms with Gasteiger partial charge >= 0.3 is 5.97 Å². The number of halogens is 1. The summed E-state index contributed by atoms with van der Waals surface area (Å²) in [6.07, 6.45) is 0.562. The zero-order chi connectivity index (χ0) is 14.4. The summed E-state index contributed by atoms with van der Waals surface area (Å²) in [6, 6.07) is 4.81. The van der Waals surface area contributed by atoms with E-state index < -0.39 is 11.9 Å². The van der Waals surface area contributed by atoms with Gasteiger partial charge in [0.15, 0.2) is 0 Å². The van der Waals surface area contributed by atoms with Crippen LogP contribution in [0.2, 0.25) is 0 Å². The van der Waals surface area contributed by atoms with Crippen molar-refractivity contribution >= 4 is 11.9 Å². The molecule has 19 heavy (non-hydrogen) atoms. The second kappa shape index (κ2) is 6.87. The van der Waals surface area contributed by atoms with Crippen LogP contribution in [0, 0.1) is 18.7 Å². The molecule has 1 rings (SSSR count). The van der Waals surface area contributed by atoms with Crippen LogP contribution >= 0.6 is 0 Å². The van der Waals surface area contributed by atoms with Crippen molar-refractivity contribution < 1.29 is 19.1 Å². The van der Waals surface area contributed by atoms with E-state index in [4.69, 9.17) is 5.11 Å². The first-order valence-corrected chi connectivity index (χ1v) is 6.14. The molecule has 1 amide bonds. The molecule has 0 saturated heterocycles. The largest absolute Gasteiger partial charge is 0.481 e. The Morgan fingerprint density at radius 3 is 2.68 bits per heavy atom. The highest BCUT2D eigenvalue weighted by Crippen LogP contribution is 2.09. The molecule has 0 aliphatic rings. The number of aryl methyl sites for hydroxylation is 1. The normalized spacial score (nSPS) is 11.9. The summed E-state index contributed by atoms with van der Waals surface area (Å²) in [5.41, 5.74) is 1.51. The molecule has 5 heteroatoms. The van der Waals surface area contributed by atoms with Crippen molar-refractivity contribution in [3.8, 4) is 0 Å². The van der Waals surface area contributed by atoms with E-state index in [2.05, 4.69) is 5.32 Å². The minimum absolute atomic E-state index is 0.0300. The van der Waals surface area contributed by atoms with Crippen molar-refractivity contribution in [3.63, 3.8) is 0 Å². The molecule has 1 aromatic carbocycles. The number of carbonyl (C=O) groups excluding carboxylic acids is 1. The van der Waals surface area contributed by atoms with Gasteiger partial charge < -0.3 is 10.4 Å². The monoisotopic (exact) mass is 267 g/mol. The van der Waals surface area contributed by atoms with E-state index >= 15 is 0 Å². The molecular formula is C14H18FNO3. The van der Waals surface area contributed by atoms with E-state index in [0.29, 0.717) is 18.5 Å². The SMILES string of the molecule is Cc1cc(CCNC(=O)CC(C)C(=O)O)ccc1F. The van der Waals surface area contributed by atoms with E-state index in [1.165, 1.54) is 13.0 Å². The van der Waals surface area contributed by atoms with Gasteiger partial charge in [-0.15, -0.1) is 0 Å². The molecule has 0 heterocycles. The lowest BCUT2D eigenvalue weighted by molar-refractivity contribution is -0.143. The van der Waals surface area contributed by atoms with Crippen LogP contribution in [0.5, 0.6) is 0 Å². The Balaban J connectivity index is 2.35. The highest BCUT2D eigenvalue weighted by Gasteiger charge is 2.15. The summed E-state index contributed by atoms with van der Waals surface area (Å²) >= 11 is 0. The average Bonchev–Trinajstić information content (AvgIpc) is 2.33. The number of aliphatic carboxylic acids is 1. The molecule has 1 atom stereocenters. The van der Waals surface area contributed by atoms with E-state index in [9.17, 15) is 14.0 Å². The van der Waals surface area contributed by atoms with Crippen LogP contribution in [-0.4, -0.2) is 23.5 Å². The van der Waals surface area contributed by atoms with Crippen molar-refractivity contribution in [2.24, 2.45) is 5.92 Å². The Hall–Kier alpha value is -1.91. The van der Waals surface area contributed by atoms with Crippen LogP contribution in [0.3, 0.4) is 0 Å². The van der Waals surface area contributed by atoms with Gasteiger partial charge in [-0.1, -0.05) is 19.1 Å². The van der Waals surface area contributed by atoms with Gasteiger partial charge in [-0.3, -0.25) is 9.59 Å². The maximum absolute atomic E-state index is 13.0. The van der Waals surface area contributed by atoms with Gasteiger partial charge in [0.25, 0.3) is 0 Å². The van der Waals surface area contributed by atoms with Gasteiger partial charge in [-0.2, -0.15) is 0 Å². The molecule has 0 aromatic heterocycles. The number of hydrogen-bond donors (Lipinski definition) is 2. The Morgan fingerprint density at radius 2 is 2.11 bits per heavy atom. The van der Waals surface area contributed by atoms with Crippen LogP contribution in [0.1, 0.15) is 24.5 Å². The third-order valence-electron chi connectivity index (χ3n) is 2.87. The summed E-state index contributed by atoms with van der Waals surface area (Å²) in [4.78, 5) is 22.0. The number of rotatable bonds is 6. The second-order valence-corrected chi connectivity index (χ2v) is 4.63. The fourth-order valence-corrected chi connectivity index (χ4v) is 1.65. The Labute approximate surface area is 111 Å². The molecule has 0 bridgehead atoms. The Bertz CT molecular complexity index is 474. The lowest BCUT2D eigenvalue weighted by Crippen LogP contribution is -2.28. The Morgan fingerprint density at radius 1 is 1.42 bits per heavy atom. The third-order valence-corrected chi connectivity index (χ3v) is 2.87. The van der Waals surface area contributed by atoms with Gasteiger partial charge in [-0.05, 0) is 30.5 Å². The van der Waals surface area contributed by atoms with Crippen molar-refractivity contribution in [2.45, 2.75) is 26.7 Å². The highest BCUT2D eigenvalue weighted by molar-refractivity contribution is 5.81. The molecule has 0 saturated carbocycles. The summed E-state index contributed by atoms with van der Waals surface area (Å²) < 4.78 is 13.0. The van der Waals surface area contributed by atoms with Crippen molar-refractivity contribution in [1.82, 2.24) is 5.32 Å². The fraction of sp³-hybridized carbons (Fsp3) is 0.429. The maximum atomic E-state index is 13.0. The predicted octanol–water partition coefficient (Wildman–Crippen LogP) is 1.90. The first kappa shape index (κ1) is 15.1. The van der Waals surface area contributed by atoms with Crippen molar-refractivity contribution in [1.29, 1.82) is 0 Å². The van der Waals surface area contributed by atoms with Gasteiger partial charge in [-0.25, -0.2) is 4.39 Å². The van der Waals surface area contributed by atoms with Crippen LogP contribution in [0.25, 0.3) is 0 Å². The van der Waals surface area contributed by atoms with Crippen LogP contribution in [-0.2, 0) is 16.0 Å². The number of amides is 1. The molecule has 1 unspecified atom stereocenters. The fourth-order valence-electron chi connectivity index (χ4n) is 1.65. The smallest absolute Gasteiger partial charge is 0.306 e. The van der Waals surface area contributed by atoms with Gasteiger partial charge in [0, 0.05) is 13.0 Å². The van der Waals surface area contributed by atoms with Gasteiger partial charge in [0.2, 0.25) is 5.91 Å².